The summed E-state index contributed by atoms with van der Waals surface area (Å²) in [4.78, 5) is 2.13. The second-order valence-corrected chi connectivity index (χ2v) is 8.54. The van der Waals surface area contributed by atoms with Crippen LogP contribution in [0.5, 0.6) is 17.2 Å². The van der Waals surface area contributed by atoms with Crippen molar-refractivity contribution in [3.8, 4) is 23.3 Å². The summed E-state index contributed by atoms with van der Waals surface area (Å²) in [6, 6.07) is 12.5. The fourth-order valence-electron chi connectivity index (χ4n) is 2.80. The molecule has 1 N–H and O–H groups in total. The molecule has 10 heteroatoms. The Kier molecular flexibility index (Phi) is 10.4. The highest BCUT2D eigenvalue weighted by Crippen LogP contribution is 2.27. The van der Waals surface area contributed by atoms with Crippen LogP contribution in [-0.4, -0.2) is 60.5 Å². The minimum atomic E-state index is -3.40. The van der Waals surface area contributed by atoms with Gasteiger partial charge in [0.15, 0.2) is 11.5 Å². The Bertz CT molecular complexity index is 1010. The van der Waals surface area contributed by atoms with Gasteiger partial charge < -0.3 is 19.1 Å². The third-order valence-corrected chi connectivity index (χ3v) is 4.97. The molecule has 0 aliphatic heterocycles. The third-order valence-electron chi connectivity index (χ3n) is 4.36. The summed E-state index contributed by atoms with van der Waals surface area (Å²) in [5, 5.41) is 9.30. The van der Waals surface area contributed by atoms with Gasteiger partial charge in [-0.15, -0.1) is 12.4 Å². The van der Waals surface area contributed by atoms with Crippen molar-refractivity contribution in [3.05, 3.63) is 47.5 Å². The van der Waals surface area contributed by atoms with Gasteiger partial charge in [-0.05, 0) is 49.4 Å². The normalized spacial score (nSPS) is 10.7. The number of nitriles is 1. The minimum absolute atomic E-state index is 0. The smallest absolute Gasteiger partial charge is 0.229 e. The number of likely N-dealkylation sites (N-methyl/N-ethyl adjacent to an activating group) is 1. The largest absolute Gasteiger partial charge is 0.493 e. The van der Waals surface area contributed by atoms with Crippen LogP contribution in [0, 0.1) is 11.3 Å². The van der Waals surface area contributed by atoms with E-state index in [9.17, 15) is 13.7 Å². The summed E-state index contributed by atoms with van der Waals surface area (Å²) < 4.78 is 41.3. The first-order valence-corrected chi connectivity index (χ1v) is 11.2. The molecule has 0 radical (unpaired) electrons. The van der Waals surface area contributed by atoms with Gasteiger partial charge in [-0.25, -0.2) is 8.42 Å². The van der Waals surface area contributed by atoms with Crippen molar-refractivity contribution in [2.45, 2.75) is 6.42 Å². The zero-order valence-corrected chi connectivity index (χ0v) is 19.7. The molecule has 2 rings (SSSR count). The van der Waals surface area contributed by atoms with Crippen LogP contribution >= 0.6 is 12.4 Å². The summed E-state index contributed by atoms with van der Waals surface area (Å²) in [6.45, 7) is 1.89. The predicted octanol–water partition coefficient (Wildman–Crippen LogP) is 2.92. The second kappa shape index (κ2) is 12.2. The van der Waals surface area contributed by atoms with Gasteiger partial charge in [0, 0.05) is 13.1 Å². The lowest BCUT2D eigenvalue weighted by molar-refractivity contribution is 0.238. The van der Waals surface area contributed by atoms with E-state index < -0.39 is 10.0 Å². The molecule has 0 aliphatic rings. The van der Waals surface area contributed by atoms with Crippen molar-refractivity contribution in [1.82, 2.24) is 4.90 Å². The van der Waals surface area contributed by atoms with Gasteiger partial charge in [0.1, 0.15) is 18.4 Å². The Morgan fingerprint density at radius 1 is 1.03 bits per heavy atom. The van der Waals surface area contributed by atoms with Crippen molar-refractivity contribution in [2.75, 3.05) is 51.9 Å². The summed E-state index contributed by atoms with van der Waals surface area (Å²) >= 11 is 0. The molecule has 0 spiro atoms. The number of hydrogen-bond donors (Lipinski definition) is 1. The Labute approximate surface area is 190 Å². The molecule has 0 unspecified atom stereocenters. The molecule has 0 fully saturated rings. The van der Waals surface area contributed by atoms with Crippen LogP contribution in [0.2, 0.25) is 0 Å². The molecule has 0 saturated heterocycles. The first-order valence-electron chi connectivity index (χ1n) is 9.30. The molecule has 0 saturated carbocycles. The van der Waals surface area contributed by atoms with Gasteiger partial charge in [0.05, 0.1) is 31.7 Å². The minimum Gasteiger partial charge on any atom is -0.493 e. The second-order valence-electron chi connectivity index (χ2n) is 6.79. The first-order chi connectivity index (χ1) is 14.3. The predicted molar refractivity (Wildman–Crippen MR) is 123 cm³/mol. The van der Waals surface area contributed by atoms with E-state index in [2.05, 4.69) is 9.62 Å². The number of benzene rings is 2. The van der Waals surface area contributed by atoms with Crippen LogP contribution < -0.4 is 18.9 Å². The Morgan fingerprint density at radius 3 is 2.32 bits per heavy atom. The molecular formula is C21H28ClN3O5S. The summed E-state index contributed by atoms with van der Waals surface area (Å²) in [6.07, 6.45) is 1.90. The highest BCUT2D eigenvalue weighted by molar-refractivity contribution is 7.92. The van der Waals surface area contributed by atoms with Gasteiger partial charge in [0.25, 0.3) is 0 Å². The number of rotatable bonds is 11. The fraction of sp³-hybridized carbons (Fsp3) is 0.381. The zero-order chi connectivity index (χ0) is 22.1. The molecule has 0 heterocycles. The molecular weight excluding hydrogens is 442 g/mol. The number of sulfonamides is 1. The van der Waals surface area contributed by atoms with E-state index in [1.807, 2.05) is 31.3 Å². The lowest BCUT2D eigenvalue weighted by Gasteiger charge is -2.18. The van der Waals surface area contributed by atoms with E-state index in [0.29, 0.717) is 36.1 Å². The maximum atomic E-state index is 11.3. The third kappa shape index (κ3) is 8.53. The monoisotopic (exact) mass is 469 g/mol. The highest BCUT2D eigenvalue weighted by Gasteiger charge is 2.09. The first kappa shape index (κ1) is 26.4. The van der Waals surface area contributed by atoms with Crippen molar-refractivity contribution >= 4 is 28.1 Å². The zero-order valence-electron chi connectivity index (χ0n) is 18.0. The lowest BCUT2D eigenvalue weighted by Crippen LogP contribution is -2.26. The van der Waals surface area contributed by atoms with Crippen LogP contribution in [-0.2, 0) is 16.4 Å². The maximum Gasteiger partial charge on any atom is 0.229 e. The average molecular weight is 470 g/mol. The van der Waals surface area contributed by atoms with Crippen LogP contribution in [0.25, 0.3) is 0 Å². The number of nitrogens with zero attached hydrogens (tertiary/aromatic N) is 2. The van der Waals surface area contributed by atoms with Crippen molar-refractivity contribution in [2.24, 2.45) is 0 Å². The number of halogens is 1. The number of nitrogens with one attached hydrogen (secondary N) is 1. The van der Waals surface area contributed by atoms with Gasteiger partial charge >= 0.3 is 0 Å². The summed E-state index contributed by atoms with van der Waals surface area (Å²) in [5.41, 5.74) is 1.74. The molecule has 2 aromatic carbocycles. The molecule has 0 atom stereocenters. The molecule has 0 aromatic heterocycles. The van der Waals surface area contributed by atoms with Crippen molar-refractivity contribution in [1.29, 1.82) is 5.26 Å². The maximum absolute atomic E-state index is 11.3. The number of anilines is 1. The molecule has 31 heavy (non-hydrogen) atoms. The standard InChI is InChI=1S/C21H27N3O5S.ClH/c1-24(10-9-16-5-7-20(27-2)21(13-16)28-3)11-12-29-19-8-6-18(14-17(19)15-22)23-30(4,25)26;/h5-8,13-14,23H,9-12H2,1-4H3;1H. The Morgan fingerprint density at radius 2 is 1.71 bits per heavy atom. The van der Waals surface area contributed by atoms with Gasteiger partial charge in [-0.3, -0.25) is 4.72 Å². The number of methoxy groups -OCH3 is 2. The van der Waals surface area contributed by atoms with Crippen LogP contribution in [0.1, 0.15) is 11.1 Å². The Balaban J connectivity index is 0.00000480. The lowest BCUT2D eigenvalue weighted by atomic mass is 10.1. The highest BCUT2D eigenvalue weighted by atomic mass is 35.5. The summed E-state index contributed by atoms with van der Waals surface area (Å²) in [5.74, 6) is 1.83. The molecule has 2 aromatic rings. The number of hydrogen-bond acceptors (Lipinski definition) is 7. The van der Waals surface area contributed by atoms with E-state index in [1.54, 1.807) is 26.4 Å². The van der Waals surface area contributed by atoms with E-state index in [4.69, 9.17) is 14.2 Å². The number of ether oxygens (including phenoxy) is 3. The van der Waals surface area contributed by atoms with Crippen LogP contribution in [0.15, 0.2) is 36.4 Å². The van der Waals surface area contributed by atoms with E-state index in [-0.39, 0.29) is 18.0 Å². The van der Waals surface area contributed by atoms with Gasteiger partial charge in [-0.1, -0.05) is 6.07 Å². The quantitative estimate of drug-likeness (QED) is 0.539. The van der Waals surface area contributed by atoms with Gasteiger partial charge in [-0.2, -0.15) is 5.26 Å². The topological polar surface area (TPSA) is 101 Å². The molecule has 8 nitrogen and oxygen atoms in total. The fourth-order valence-corrected chi connectivity index (χ4v) is 3.36. The van der Waals surface area contributed by atoms with E-state index in [0.717, 1.165) is 24.8 Å². The molecule has 0 amide bonds. The van der Waals surface area contributed by atoms with E-state index >= 15 is 0 Å². The van der Waals surface area contributed by atoms with Crippen LogP contribution in [0.3, 0.4) is 0 Å². The molecule has 170 valence electrons. The van der Waals surface area contributed by atoms with Crippen molar-refractivity contribution < 1.29 is 22.6 Å². The van der Waals surface area contributed by atoms with Gasteiger partial charge in [0.2, 0.25) is 10.0 Å². The van der Waals surface area contributed by atoms with Crippen molar-refractivity contribution in [3.63, 3.8) is 0 Å². The molecule has 0 bridgehead atoms. The van der Waals surface area contributed by atoms with Crippen LogP contribution in [0.4, 0.5) is 5.69 Å². The average Bonchev–Trinajstić information content (AvgIpc) is 2.71. The SMILES string of the molecule is COc1ccc(CCN(C)CCOc2ccc(NS(C)(=O)=O)cc2C#N)cc1OC.Cl. The Hall–Kier alpha value is -2.67. The van der Waals surface area contributed by atoms with E-state index in [1.165, 1.54) is 6.07 Å². The summed E-state index contributed by atoms with van der Waals surface area (Å²) in [7, 11) is 1.82. The molecule has 0 aliphatic carbocycles.